The van der Waals surface area contributed by atoms with Gasteiger partial charge >= 0.3 is 0 Å². The van der Waals surface area contributed by atoms with Crippen LogP contribution in [-0.2, 0) is 0 Å². The van der Waals surface area contributed by atoms with E-state index in [2.05, 4.69) is 25.9 Å². The standard InChI is InChI=1S/C17H35NO.BrH/c1-4-5-6-7-8-9-13-16(18(2)3)15-12-10-11-14-17(15)19;/h15-17,19H,4-14H2,1-3H3;1H. The molecule has 0 heterocycles. The summed E-state index contributed by atoms with van der Waals surface area (Å²) in [4.78, 5) is 2.35. The van der Waals surface area contributed by atoms with E-state index in [9.17, 15) is 5.11 Å². The zero-order valence-electron chi connectivity index (χ0n) is 13.8. The van der Waals surface area contributed by atoms with E-state index < -0.39 is 0 Å². The Morgan fingerprint density at radius 1 is 1.00 bits per heavy atom. The second-order valence-electron chi connectivity index (χ2n) is 6.60. The van der Waals surface area contributed by atoms with Gasteiger partial charge in [-0.25, -0.2) is 0 Å². The lowest BCUT2D eigenvalue weighted by molar-refractivity contribution is 0.0194. The third-order valence-corrected chi connectivity index (χ3v) is 4.79. The summed E-state index contributed by atoms with van der Waals surface area (Å²) in [6.45, 7) is 2.27. The highest BCUT2D eigenvalue weighted by atomic mass is 79.9. The van der Waals surface area contributed by atoms with E-state index >= 15 is 0 Å². The molecule has 0 aromatic heterocycles. The minimum Gasteiger partial charge on any atom is -0.393 e. The third kappa shape index (κ3) is 7.42. The minimum absolute atomic E-state index is 0. The summed E-state index contributed by atoms with van der Waals surface area (Å²) >= 11 is 0. The van der Waals surface area contributed by atoms with Crippen LogP contribution in [0, 0.1) is 5.92 Å². The number of halogens is 1. The van der Waals surface area contributed by atoms with Crippen LogP contribution in [0.1, 0.15) is 77.6 Å². The maximum absolute atomic E-state index is 10.2. The topological polar surface area (TPSA) is 23.5 Å². The van der Waals surface area contributed by atoms with Crippen molar-refractivity contribution in [3.05, 3.63) is 0 Å². The number of rotatable bonds is 9. The van der Waals surface area contributed by atoms with Crippen molar-refractivity contribution in [3.8, 4) is 0 Å². The molecular weight excluding hydrogens is 314 g/mol. The van der Waals surface area contributed by atoms with E-state index in [0.717, 1.165) is 6.42 Å². The molecule has 1 N–H and O–H groups in total. The molecule has 3 atom stereocenters. The van der Waals surface area contributed by atoms with Gasteiger partial charge in [0.2, 0.25) is 0 Å². The number of unbranched alkanes of at least 4 members (excludes halogenated alkanes) is 5. The molecule has 1 aliphatic rings. The summed E-state index contributed by atoms with van der Waals surface area (Å²) < 4.78 is 0. The second kappa shape index (κ2) is 12.0. The molecule has 1 aliphatic carbocycles. The Hall–Kier alpha value is 0.400. The Bertz CT molecular complexity index is 223. The Morgan fingerprint density at radius 2 is 1.60 bits per heavy atom. The molecule has 2 nitrogen and oxygen atoms in total. The van der Waals surface area contributed by atoms with Gasteiger partial charge in [0.05, 0.1) is 6.10 Å². The third-order valence-electron chi connectivity index (χ3n) is 4.79. The lowest BCUT2D eigenvalue weighted by atomic mass is 9.79. The van der Waals surface area contributed by atoms with Crippen LogP contribution in [0.25, 0.3) is 0 Å². The fourth-order valence-corrected chi connectivity index (χ4v) is 3.58. The maximum Gasteiger partial charge on any atom is 0.0583 e. The fraction of sp³-hybridized carbons (Fsp3) is 1.00. The van der Waals surface area contributed by atoms with Crippen molar-refractivity contribution >= 4 is 17.0 Å². The van der Waals surface area contributed by atoms with Crippen molar-refractivity contribution < 1.29 is 5.11 Å². The Kier molecular flexibility index (Phi) is 12.2. The number of hydrogen-bond donors (Lipinski definition) is 1. The van der Waals surface area contributed by atoms with Gasteiger partial charge in [0.15, 0.2) is 0 Å². The van der Waals surface area contributed by atoms with Gasteiger partial charge in [-0.15, -0.1) is 17.0 Å². The van der Waals surface area contributed by atoms with Crippen LogP contribution >= 0.6 is 17.0 Å². The summed E-state index contributed by atoms with van der Waals surface area (Å²) in [6.07, 6.45) is 14.2. The predicted molar refractivity (Wildman–Crippen MR) is 93.8 cm³/mol. The van der Waals surface area contributed by atoms with Crippen molar-refractivity contribution in [3.63, 3.8) is 0 Å². The first-order valence-electron chi connectivity index (χ1n) is 8.51. The molecule has 0 amide bonds. The first-order valence-corrected chi connectivity index (χ1v) is 8.51. The predicted octanol–water partition coefficient (Wildman–Crippen LogP) is 4.80. The number of hydrogen-bond acceptors (Lipinski definition) is 2. The molecule has 3 unspecified atom stereocenters. The van der Waals surface area contributed by atoms with Gasteiger partial charge in [0.1, 0.15) is 0 Å². The van der Waals surface area contributed by atoms with Crippen molar-refractivity contribution in [1.29, 1.82) is 0 Å². The van der Waals surface area contributed by atoms with Crippen LogP contribution < -0.4 is 0 Å². The molecule has 1 saturated carbocycles. The van der Waals surface area contributed by atoms with E-state index in [4.69, 9.17) is 0 Å². The van der Waals surface area contributed by atoms with E-state index in [0.29, 0.717) is 12.0 Å². The molecule has 1 rings (SSSR count). The molecule has 3 heteroatoms. The molecule has 0 aliphatic heterocycles. The number of aliphatic hydroxyl groups is 1. The summed E-state index contributed by atoms with van der Waals surface area (Å²) in [5, 5.41) is 10.2. The highest BCUT2D eigenvalue weighted by molar-refractivity contribution is 8.93. The molecule has 20 heavy (non-hydrogen) atoms. The first-order chi connectivity index (χ1) is 9.16. The molecule has 122 valence electrons. The molecule has 0 aromatic rings. The molecule has 0 saturated heterocycles. The van der Waals surface area contributed by atoms with Crippen molar-refractivity contribution in [2.75, 3.05) is 14.1 Å². The molecule has 0 radical (unpaired) electrons. The lowest BCUT2D eigenvalue weighted by Crippen LogP contribution is -2.42. The summed E-state index contributed by atoms with van der Waals surface area (Å²) in [5.74, 6) is 0.513. The molecule has 0 spiro atoms. The van der Waals surface area contributed by atoms with E-state index in [1.54, 1.807) is 0 Å². The van der Waals surface area contributed by atoms with Crippen LogP contribution in [-0.4, -0.2) is 36.2 Å². The average Bonchev–Trinajstić information content (AvgIpc) is 2.39. The van der Waals surface area contributed by atoms with Crippen LogP contribution in [0.15, 0.2) is 0 Å². The molecule has 0 aromatic carbocycles. The Morgan fingerprint density at radius 3 is 2.20 bits per heavy atom. The van der Waals surface area contributed by atoms with Crippen LogP contribution in [0.5, 0.6) is 0 Å². The van der Waals surface area contributed by atoms with E-state index in [1.165, 1.54) is 64.2 Å². The Labute approximate surface area is 137 Å². The number of aliphatic hydroxyl groups excluding tert-OH is 1. The lowest BCUT2D eigenvalue weighted by Gasteiger charge is -2.38. The van der Waals surface area contributed by atoms with Gasteiger partial charge in [0, 0.05) is 12.0 Å². The van der Waals surface area contributed by atoms with Gasteiger partial charge in [-0.2, -0.15) is 0 Å². The molecule has 0 bridgehead atoms. The van der Waals surface area contributed by atoms with Crippen LogP contribution in [0.3, 0.4) is 0 Å². The van der Waals surface area contributed by atoms with Gasteiger partial charge in [0.25, 0.3) is 0 Å². The highest BCUT2D eigenvalue weighted by Gasteiger charge is 2.31. The fourth-order valence-electron chi connectivity index (χ4n) is 3.58. The van der Waals surface area contributed by atoms with Crippen molar-refractivity contribution in [1.82, 2.24) is 4.90 Å². The van der Waals surface area contributed by atoms with Crippen molar-refractivity contribution in [2.24, 2.45) is 5.92 Å². The maximum atomic E-state index is 10.2. The normalized spacial score (nSPS) is 24.4. The largest absolute Gasteiger partial charge is 0.393 e. The van der Waals surface area contributed by atoms with Gasteiger partial charge < -0.3 is 10.0 Å². The quantitative estimate of drug-likeness (QED) is 0.604. The Balaban J connectivity index is 0.00000361. The van der Waals surface area contributed by atoms with Gasteiger partial charge in [-0.1, -0.05) is 58.3 Å². The van der Waals surface area contributed by atoms with E-state index in [1.807, 2.05) is 0 Å². The monoisotopic (exact) mass is 349 g/mol. The van der Waals surface area contributed by atoms with Crippen LogP contribution in [0.2, 0.25) is 0 Å². The second-order valence-corrected chi connectivity index (χ2v) is 6.60. The summed E-state index contributed by atoms with van der Waals surface area (Å²) in [7, 11) is 4.37. The van der Waals surface area contributed by atoms with E-state index in [-0.39, 0.29) is 23.1 Å². The number of nitrogens with zero attached hydrogens (tertiary/aromatic N) is 1. The average molecular weight is 350 g/mol. The van der Waals surface area contributed by atoms with Crippen molar-refractivity contribution in [2.45, 2.75) is 89.7 Å². The summed E-state index contributed by atoms with van der Waals surface area (Å²) in [6, 6.07) is 0.585. The zero-order valence-corrected chi connectivity index (χ0v) is 15.5. The van der Waals surface area contributed by atoms with Gasteiger partial charge in [-0.3, -0.25) is 0 Å². The minimum atomic E-state index is -0.0544. The zero-order chi connectivity index (χ0) is 14.1. The summed E-state index contributed by atoms with van der Waals surface area (Å²) in [5.41, 5.74) is 0. The highest BCUT2D eigenvalue weighted by Crippen LogP contribution is 2.31. The smallest absolute Gasteiger partial charge is 0.0583 e. The van der Waals surface area contributed by atoms with Gasteiger partial charge in [-0.05, 0) is 33.4 Å². The molecule has 1 fully saturated rings. The van der Waals surface area contributed by atoms with Crippen LogP contribution in [0.4, 0.5) is 0 Å². The molecular formula is C17H36BrNO. The SMILES string of the molecule is Br.CCCCCCCCC(C1CCCCC1O)N(C)C. The first kappa shape index (κ1) is 20.4.